The molecule has 1 radical (unpaired) electrons. The van der Waals surface area contributed by atoms with Crippen LogP contribution in [-0.4, -0.2) is 11.7 Å². The van der Waals surface area contributed by atoms with E-state index in [4.69, 9.17) is 5.84 Å². The molecule has 5 heteroatoms. The fourth-order valence-electron chi connectivity index (χ4n) is 1.80. The molecule has 0 heterocycles. The summed E-state index contributed by atoms with van der Waals surface area (Å²) in [6.07, 6.45) is 2.94. The number of unbranched alkanes of at least 4 members (excludes halogenated alkanes) is 1. The molecule has 0 aromatic heterocycles. The molecule has 0 bridgehead atoms. The molecule has 0 saturated heterocycles. The van der Waals surface area contributed by atoms with Gasteiger partial charge in [0.25, 0.3) is 0 Å². The van der Waals surface area contributed by atoms with Crippen LogP contribution in [0.4, 0.5) is 0 Å². The molecule has 0 aromatic carbocycles. The van der Waals surface area contributed by atoms with Gasteiger partial charge in [-0.1, -0.05) is 54.4 Å². The zero-order valence-corrected chi connectivity index (χ0v) is 18.1. The van der Waals surface area contributed by atoms with E-state index in [2.05, 4.69) is 34.6 Å². The van der Waals surface area contributed by atoms with Crippen LogP contribution in [0.3, 0.4) is 0 Å². The number of ketones is 1. The summed E-state index contributed by atoms with van der Waals surface area (Å²) in [5.74, 6) is 4.87. The smallest absolute Gasteiger partial charge is 0.233 e. The second kappa shape index (κ2) is 12.6. The van der Waals surface area contributed by atoms with Crippen LogP contribution in [0.5, 0.6) is 0 Å². The molecule has 129 valence electrons. The molecule has 0 saturated carbocycles. The number of nitrogens with two attached hydrogens (primary N) is 1. The van der Waals surface area contributed by atoms with Crippen molar-refractivity contribution in [1.29, 1.82) is 0 Å². The third kappa shape index (κ3) is 16.6. The van der Waals surface area contributed by atoms with Crippen LogP contribution in [0.15, 0.2) is 0 Å². The van der Waals surface area contributed by atoms with E-state index in [0.717, 1.165) is 19.3 Å². The van der Waals surface area contributed by atoms with Gasteiger partial charge >= 0.3 is 0 Å². The van der Waals surface area contributed by atoms with E-state index in [1.54, 1.807) is 0 Å². The van der Waals surface area contributed by atoms with E-state index in [1.807, 2.05) is 26.2 Å². The maximum Gasteiger partial charge on any atom is 0.233 e. The van der Waals surface area contributed by atoms with Crippen LogP contribution in [0.25, 0.3) is 0 Å². The molecule has 22 heavy (non-hydrogen) atoms. The molecule has 0 aliphatic heterocycles. The first-order valence-corrected chi connectivity index (χ1v) is 7.51. The van der Waals surface area contributed by atoms with Crippen molar-refractivity contribution in [2.75, 3.05) is 0 Å². The van der Waals surface area contributed by atoms with Crippen LogP contribution >= 0.6 is 0 Å². The van der Waals surface area contributed by atoms with Gasteiger partial charge in [-0.2, -0.15) is 6.42 Å². The molecule has 0 aromatic rings. The van der Waals surface area contributed by atoms with Gasteiger partial charge in [-0.15, -0.1) is 5.92 Å². The SMILES string of the molecule is [CH2-]C(CC(C)(C)C)C(=O)C(C)(C)C.[CH2-]CCCC(=O)NN.[Y]. The quantitative estimate of drug-likeness (QED) is 0.328. The summed E-state index contributed by atoms with van der Waals surface area (Å²) < 4.78 is 0. The second-order valence-electron chi connectivity index (χ2n) is 7.60. The summed E-state index contributed by atoms with van der Waals surface area (Å²) in [4.78, 5) is 22.1. The summed E-state index contributed by atoms with van der Waals surface area (Å²) in [5.41, 5.74) is 1.97. The molecule has 0 rings (SSSR count). The molecule has 1 unspecified atom stereocenters. The van der Waals surface area contributed by atoms with Crippen LogP contribution in [-0.2, 0) is 42.3 Å². The predicted molar refractivity (Wildman–Crippen MR) is 88.9 cm³/mol. The maximum absolute atomic E-state index is 11.8. The predicted octanol–water partition coefficient (Wildman–Crippen LogP) is 3.47. The van der Waals surface area contributed by atoms with E-state index in [-0.39, 0.29) is 61.1 Å². The Balaban J connectivity index is -0.000000348. The number of carbonyl (C=O) groups is 2. The number of hydrazine groups is 1. The molecule has 0 fully saturated rings. The van der Waals surface area contributed by atoms with Gasteiger partial charge in [0.05, 0.1) is 0 Å². The Morgan fingerprint density at radius 2 is 1.59 bits per heavy atom. The van der Waals surface area contributed by atoms with Gasteiger partial charge in [-0.05, 0) is 5.41 Å². The Hall–Kier alpha value is 0.204. The van der Waals surface area contributed by atoms with Crippen molar-refractivity contribution in [3.05, 3.63) is 13.8 Å². The third-order valence-electron chi connectivity index (χ3n) is 2.78. The Bertz CT molecular complexity index is 318. The molecule has 0 aliphatic rings. The number of rotatable bonds is 5. The van der Waals surface area contributed by atoms with E-state index >= 15 is 0 Å². The Morgan fingerprint density at radius 1 is 1.14 bits per heavy atom. The summed E-state index contributed by atoms with van der Waals surface area (Å²) in [5, 5.41) is 0. The number of hydrogen-bond acceptors (Lipinski definition) is 3. The number of amides is 1. The van der Waals surface area contributed by atoms with Gasteiger partial charge in [0.2, 0.25) is 5.91 Å². The van der Waals surface area contributed by atoms with Crippen molar-refractivity contribution in [1.82, 2.24) is 5.43 Å². The first-order chi connectivity index (χ1) is 9.35. The second-order valence-corrected chi connectivity index (χ2v) is 7.60. The average molecular weight is 387 g/mol. The van der Waals surface area contributed by atoms with Gasteiger partial charge in [-0.25, -0.2) is 5.84 Å². The van der Waals surface area contributed by atoms with Crippen molar-refractivity contribution >= 4 is 11.7 Å². The summed E-state index contributed by atoms with van der Waals surface area (Å²) in [7, 11) is 0. The zero-order chi connectivity index (χ0) is 17.3. The van der Waals surface area contributed by atoms with Gasteiger partial charge in [0.1, 0.15) is 5.78 Å². The van der Waals surface area contributed by atoms with E-state index in [1.165, 1.54) is 0 Å². The topological polar surface area (TPSA) is 72.2 Å². The normalized spacial score (nSPS) is 12.4. The number of Topliss-reactive ketones (excluding diaryl/α,β-unsaturated/α-hetero) is 1. The largest absolute Gasteiger partial charge is 0.343 e. The minimum atomic E-state index is -0.252. The van der Waals surface area contributed by atoms with Gasteiger partial charge in [-0.3, -0.25) is 10.2 Å². The minimum absolute atomic E-state index is 0. The summed E-state index contributed by atoms with van der Waals surface area (Å²) >= 11 is 0. The van der Waals surface area contributed by atoms with Crippen LogP contribution in [0.2, 0.25) is 0 Å². The van der Waals surface area contributed by atoms with Gasteiger partial charge in [0.15, 0.2) is 0 Å². The molecular weight excluding hydrogens is 353 g/mol. The molecule has 3 N–H and O–H groups in total. The van der Waals surface area contributed by atoms with E-state index in [0.29, 0.717) is 6.42 Å². The Labute approximate surface area is 162 Å². The van der Waals surface area contributed by atoms with E-state index in [9.17, 15) is 9.59 Å². The molecule has 0 spiro atoms. The van der Waals surface area contributed by atoms with Gasteiger partial charge < -0.3 is 18.6 Å². The summed E-state index contributed by atoms with van der Waals surface area (Å²) in [6.45, 7) is 19.8. The van der Waals surface area contributed by atoms with Crippen molar-refractivity contribution in [3.63, 3.8) is 0 Å². The minimum Gasteiger partial charge on any atom is -0.343 e. The third-order valence-corrected chi connectivity index (χ3v) is 2.78. The Morgan fingerprint density at radius 3 is 1.86 bits per heavy atom. The van der Waals surface area contributed by atoms with Crippen molar-refractivity contribution < 1.29 is 42.3 Å². The molecule has 1 amide bonds. The monoisotopic (exact) mass is 387 g/mol. The Kier molecular flexibility index (Phi) is 15.5. The van der Waals surface area contributed by atoms with E-state index < -0.39 is 0 Å². The standard InChI is InChI=1S/C12H23O.C5H11N2O.Y/c1-9(8-11(2,3)4)10(13)12(5,6)7;1-2-3-4-5(8)7-6;/h9H,1,8H2,2-7H3;1-4,6H2,(H,7,8);/q2*-1;. The average Bonchev–Trinajstić information content (AvgIpc) is 2.32. The number of hydrogen-bond donors (Lipinski definition) is 2. The molecule has 0 aliphatic carbocycles. The van der Waals surface area contributed by atoms with Gasteiger partial charge in [0, 0.05) is 44.5 Å². The zero-order valence-electron chi connectivity index (χ0n) is 15.3. The van der Waals surface area contributed by atoms with Crippen LogP contribution in [0.1, 0.15) is 67.2 Å². The van der Waals surface area contributed by atoms with Crippen LogP contribution < -0.4 is 11.3 Å². The number of nitrogens with one attached hydrogen (secondary N) is 1. The first kappa shape index (κ1) is 27.1. The molecule has 4 nitrogen and oxygen atoms in total. The molecule has 1 atom stereocenters. The number of carbonyl (C=O) groups excluding carboxylic acids is 2. The first-order valence-electron chi connectivity index (χ1n) is 7.51. The fourth-order valence-corrected chi connectivity index (χ4v) is 1.80. The van der Waals surface area contributed by atoms with Crippen molar-refractivity contribution in [2.45, 2.75) is 67.2 Å². The summed E-state index contributed by atoms with van der Waals surface area (Å²) in [6, 6.07) is 0. The fraction of sp³-hybridized carbons (Fsp3) is 0.765. The molecular formula is C17H34N2O2Y-2. The maximum atomic E-state index is 11.8. The van der Waals surface area contributed by atoms with Crippen LogP contribution in [0, 0.1) is 30.6 Å². The van der Waals surface area contributed by atoms with Crippen molar-refractivity contribution in [3.8, 4) is 0 Å². The van der Waals surface area contributed by atoms with Crippen molar-refractivity contribution in [2.24, 2.45) is 22.6 Å².